The number of amides is 1. The zero-order valence-electron chi connectivity index (χ0n) is 8.63. The van der Waals surface area contributed by atoms with Gasteiger partial charge in [0.1, 0.15) is 0 Å². The van der Waals surface area contributed by atoms with Gasteiger partial charge < -0.3 is 0 Å². The molecule has 0 aliphatic carbocycles. The number of nitrogens with zero attached hydrogens (tertiary/aromatic N) is 2. The molecule has 0 saturated heterocycles. The number of halogens is 1. The van der Waals surface area contributed by atoms with Gasteiger partial charge in [-0.2, -0.15) is 0 Å². The molecule has 0 radical (unpaired) electrons. The van der Waals surface area contributed by atoms with Gasteiger partial charge in [-0.05, 0) is 24.3 Å². The van der Waals surface area contributed by atoms with Gasteiger partial charge in [-0.15, -0.1) is 11.3 Å². The highest BCUT2D eigenvalue weighted by molar-refractivity contribution is 7.17. The minimum atomic E-state index is -0.277. The summed E-state index contributed by atoms with van der Waals surface area (Å²) in [6, 6.07) is 5.30. The van der Waals surface area contributed by atoms with Crippen molar-refractivity contribution in [2.75, 3.05) is 5.32 Å². The van der Waals surface area contributed by atoms with Crippen molar-refractivity contribution in [3.8, 4) is 0 Å². The third kappa shape index (κ3) is 3.65. The lowest BCUT2D eigenvalue weighted by molar-refractivity contribution is -0.111. The molecule has 1 N–H and O–H groups in total. The van der Waals surface area contributed by atoms with Crippen molar-refractivity contribution in [3.63, 3.8) is 0 Å². The first-order chi connectivity index (χ1) is 8.24. The molecule has 0 aromatic carbocycles. The Bertz CT molecular complexity index is 539. The molecular weight excluding hydrogens is 258 g/mol. The molecule has 0 saturated carbocycles. The van der Waals surface area contributed by atoms with E-state index in [1.807, 2.05) is 6.07 Å². The quantitative estimate of drug-likeness (QED) is 0.869. The maximum atomic E-state index is 11.5. The predicted molar refractivity (Wildman–Crippen MR) is 69.0 cm³/mol. The molecule has 86 valence electrons. The van der Waals surface area contributed by atoms with Gasteiger partial charge in [-0.3, -0.25) is 10.1 Å². The van der Waals surface area contributed by atoms with E-state index in [9.17, 15) is 4.79 Å². The maximum absolute atomic E-state index is 11.5. The summed E-state index contributed by atoms with van der Waals surface area (Å²) in [4.78, 5) is 20.2. The summed E-state index contributed by atoms with van der Waals surface area (Å²) in [5.41, 5.74) is 0. The van der Waals surface area contributed by atoms with Crippen LogP contribution in [0, 0.1) is 0 Å². The van der Waals surface area contributed by atoms with Crippen LogP contribution in [0.15, 0.2) is 36.7 Å². The van der Waals surface area contributed by atoms with E-state index in [-0.39, 0.29) is 11.9 Å². The third-order valence-corrected chi connectivity index (χ3v) is 2.99. The molecule has 0 atom stereocenters. The largest absolute Gasteiger partial charge is 0.291 e. The second-order valence-corrected chi connectivity index (χ2v) is 4.78. The predicted octanol–water partition coefficient (Wildman–Crippen LogP) is 2.84. The van der Waals surface area contributed by atoms with E-state index in [4.69, 9.17) is 11.6 Å². The van der Waals surface area contributed by atoms with Crippen LogP contribution in [0.2, 0.25) is 4.34 Å². The first-order valence-corrected chi connectivity index (χ1v) is 5.95. The van der Waals surface area contributed by atoms with Crippen molar-refractivity contribution in [2.24, 2.45) is 0 Å². The third-order valence-electron chi connectivity index (χ3n) is 1.79. The summed E-state index contributed by atoms with van der Waals surface area (Å²) < 4.78 is 0.691. The van der Waals surface area contributed by atoms with Gasteiger partial charge in [0, 0.05) is 23.3 Å². The Morgan fingerprint density at radius 1 is 1.35 bits per heavy atom. The molecule has 0 spiro atoms. The van der Waals surface area contributed by atoms with Crippen molar-refractivity contribution in [2.45, 2.75) is 0 Å². The second-order valence-electron chi connectivity index (χ2n) is 3.04. The number of aromatic nitrogens is 2. The van der Waals surface area contributed by atoms with Gasteiger partial charge in [0.2, 0.25) is 5.95 Å². The fraction of sp³-hybridized carbons (Fsp3) is 0. The van der Waals surface area contributed by atoms with Gasteiger partial charge in [-0.1, -0.05) is 11.6 Å². The van der Waals surface area contributed by atoms with E-state index in [2.05, 4.69) is 15.3 Å². The maximum Gasteiger partial charge on any atom is 0.250 e. The summed E-state index contributed by atoms with van der Waals surface area (Å²) in [6.45, 7) is 0. The normalized spacial score (nSPS) is 10.6. The number of hydrogen-bond donors (Lipinski definition) is 1. The Balaban J connectivity index is 1.96. The Morgan fingerprint density at radius 2 is 2.12 bits per heavy atom. The van der Waals surface area contributed by atoms with Crippen LogP contribution in [0.5, 0.6) is 0 Å². The lowest BCUT2D eigenvalue weighted by Gasteiger charge is -1.97. The molecule has 1 amide bonds. The number of thiophene rings is 1. The van der Waals surface area contributed by atoms with Crippen molar-refractivity contribution in [3.05, 3.63) is 45.9 Å². The lowest BCUT2D eigenvalue weighted by Crippen LogP contribution is -2.10. The van der Waals surface area contributed by atoms with Crippen molar-refractivity contribution < 1.29 is 4.79 Å². The highest BCUT2D eigenvalue weighted by Gasteiger charge is 1.99. The molecule has 2 aromatic rings. The highest BCUT2D eigenvalue weighted by Crippen LogP contribution is 2.22. The number of rotatable bonds is 3. The number of carbonyl (C=O) groups excluding carboxylic acids is 1. The Hall–Kier alpha value is -1.72. The first-order valence-electron chi connectivity index (χ1n) is 4.75. The highest BCUT2D eigenvalue weighted by atomic mass is 35.5. The summed E-state index contributed by atoms with van der Waals surface area (Å²) in [7, 11) is 0. The van der Waals surface area contributed by atoms with E-state index in [1.165, 1.54) is 17.4 Å². The van der Waals surface area contributed by atoms with E-state index in [1.54, 1.807) is 30.6 Å². The smallest absolute Gasteiger partial charge is 0.250 e. The van der Waals surface area contributed by atoms with Crippen LogP contribution in [0.3, 0.4) is 0 Å². The van der Waals surface area contributed by atoms with Gasteiger partial charge in [0.25, 0.3) is 5.91 Å². The van der Waals surface area contributed by atoms with Gasteiger partial charge >= 0.3 is 0 Å². The monoisotopic (exact) mass is 265 g/mol. The molecule has 17 heavy (non-hydrogen) atoms. The molecule has 0 unspecified atom stereocenters. The van der Waals surface area contributed by atoms with Crippen LogP contribution in [0.1, 0.15) is 4.88 Å². The number of carbonyl (C=O) groups is 1. The second kappa shape index (κ2) is 5.56. The average molecular weight is 266 g/mol. The summed E-state index contributed by atoms with van der Waals surface area (Å²) in [6.07, 6.45) is 6.23. The molecule has 0 fully saturated rings. The van der Waals surface area contributed by atoms with Gasteiger partial charge in [-0.25, -0.2) is 9.97 Å². The summed E-state index contributed by atoms with van der Waals surface area (Å²) in [5, 5.41) is 2.54. The van der Waals surface area contributed by atoms with Crippen LogP contribution in [0.4, 0.5) is 5.95 Å². The van der Waals surface area contributed by atoms with Crippen LogP contribution >= 0.6 is 22.9 Å². The van der Waals surface area contributed by atoms with Crippen LogP contribution in [0.25, 0.3) is 6.08 Å². The van der Waals surface area contributed by atoms with Crippen LogP contribution in [-0.2, 0) is 4.79 Å². The molecule has 2 heterocycles. The number of hydrogen-bond acceptors (Lipinski definition) is 4. The van der Waals surface area contributed by atoms with Crippen molar-refractivity contribution in [1.29, 1.82) is 0 Å². The fourth-order valence-electron chi connectivity index (χ4n) is 1.09. The fourth-order valence-corrected chi connectivity index (χ4v) is 2.05. The average Bonchev–Trinajstić information content (AvgIpc) is 2.74. The van der Waals surface area contributed by atoms with Gasteiger partial charge in [0.05, 0.1) is 4.34 Å². The standard InChI is InChI=1S/C11H8ClN3OS/c12-9-4-2-8(17-9)3-5-10(16)15-11-13-6-1-7-14-11/h1-7H,(H,13,14,15,16). The molecule has 2 rings (SSSR count). The number of nitrogens with one attached hydrogen (secondary N) is 1. The van der Waals surface area contributed by atoms with E-state index < -0.39 is 0 Å². The Morgan fingerprint density at radius 3 is 2.76 bits per heavy atom. The zero-order valence-corrected chi connectivity index (χ0v) is 10.2. The molecule has 0 aliphatic rings. The Kier molecular flexibility index (Phi) is 3.85. The van der Waals surface area contributed by atoms with Crippen LogP contribution in [-0.4, -0.2) is 15.9 Å². The van der Waals surface area contributed by atoms with E-state index in [0.717, 1.165) is 4.88 Å². The molecule has 0 aliphatic heterocycles. The minimum Gasteiger partial charge on any atom is -0.291 e. The zero-order chi connectivity index (χ0) is 12.1. The first kappa shape index (κ1) is 11.8. The van der Waals surface area contributed by atoms with Crippen LogP contribution < -0.4 is 5.32 Å². The van der Waals surface area contributed by atoms with Gasteiger partial charge in [0.15, 0.2) is 0 Å². The molecule has 6 heteroatoms. The summed E-state index contributed by atoms with van der Waals surface area (Å²) in [5.74, 6) is 0.00656. The van der Waals surface area contributed by atoms with Crippen molar-refractivity contribution in [1.82, 2.24) is 9.97 Å². The topological polar surface area (TPSA) is 54.9 Å². The van der Waals surface area contributed by atoms with E-state index in [0.29, 0.717) is 4.34 Å². The minimum absolute atomic E-state index is 0.277. The SMILES string of the molecule is O=C(C=Cc1ccc(Cl)s1)Nc1ncccn1. The Labute approximate surface area is 107 Å². The molecule has 2 aromatic heterocycles. The molecular formula is C11H8ClN3OS. The molecule has 0 bridgehead atoms. The van der Waals surface area contributed by atoms with Crippen molar-refractivity contribution >= 4 is 40.9 Å². The molecule has 4 nitrogen and oxygen atoms in total. The number of anilines is 1. The summed E-state index contributed by atoms with van der Waals surface area (Å²) >= 11 is 7.17. The van der Waals surface area contributed by atoms with E-state index >= 15 is 0 Å². The lowest BCUT2D eigenvalue weighted by atomic mass is 10.4.